The third kappa shape index (κ3) is 5.97. The molecule has 0 amide bonds. The maximum Gasteiger partial charge on any atom is 0.306 e. The van der Waals surface area contributed by atoms with Crippen molar-refractivity contribution < 1.29 is 24.2 Å². The van der Waals surface area contributed by atoms with Crippen molar-refractivity contribution in [3.05, 3.63) is 29.8 Å². The van der Waals surface area contributed by atoms with Crippen molar-refractivity contribution in [3.63, 3.8) is 0 Å². The highest BCUT2D eigenvalue weighted by molar-refractivity contribution is 7.99. The van der Waals surface area contributed by atoms with E-state index in [0.717, 1.165) is 11.3 Å². The van der Waals surface area contributed by atoms with Crippen LogP contribution in [0.15, 0.2) is 24.3 Å². The monoisotopic (exact) mass is 298 g/mol. The third-order valence-corrected chi connectivity index (χ3v) is 3.97. The highest BCUT2D eigenvalue weighted by atomic mass is 32.2. The molecule has 6 heteroatoms. The molecule has 0 unspecified atom stereocenters. The normalized spacial score (nSPS) is 11.7. The summed E-state index contributed by atoms with van der Waals surface area (Å²) < 4.78 is 9.65. The Balaban J connectivity index is 2.55. The molecule has 1 rings (SSSR count). The Morgan fingerprint density at radius 3 is 2.35 bits per heavy atom. The lowest BCUT2D eigenvalue weighted by molar-refractivity contribution is -0.141. The molecule has 0 heterocycles. The van der Waals surface area contributed by atoms with Gasteiger partial charge in [0.15, 0.2) is 0 Å². The fraction of sp³-hybridized carbons (Fsp3) is 0.429. The molecule has 0 bridgehead atoms. The summed E-state index contributed by atoms with van der Waals surface area (Å²) in [5.41, 5.74) is 1.05. The molecule has 0 aliphatic rings. The van der Waals surface area contributed by atoms with Crippen LogP contribution in [0, 0.1) is 0 Å². The van der Waals surface area contributed by atoms with Gasteiger partial charge in [-0.2, -0.15) is 11.8 Å². The van der Waals surface area contributed by atoms with Gasteiger partial charge < -0.3 is 14.6 Å². The number of carboxylic acids is 1. The van der Waals surface area contributed by atoms with Crippen LogP contribution in [0.3, 0.4) is 0 Å². The van der Waals surface area contributed by atoms with Crippen LogP contribution in [0.1, 0.15) is 18.4 Å². The van der Waals surface area contributed by atoms with Crippen molar-refractivity contribution in [1.29, 1.82) is 0 Å². The molecule has 110 valence electrons. The number of rotatable bonds is 8. The van der Waals surface area contributed by atoms with Gasteiger partial charge in [0.1, 0.15) is 5.75 Å². The molecule has 1 aromatic carbocycles. The smallest absolute Gasteiger partial charge is 0.306 e. The minimum atomic E-state index is -0.916. The lowest BCUT2D eigenvalue weighted by atomic mass is 10.2. The number of benzene rings is 1. The number of hydrogen-bond donors (Lipinski definition) is 1. The van der Waals surface area contributed by atoms with Crippen molar-refractivity contribution in [1.82, 2.24) is 0 Å². The van der Waals surface area contributed by atoms with Gasteiger partial charge in [-0.1, -0.05) is 12.1 Å². The summed E-state index contributed by atoms with van der Waals surface area (Å²) in [4.78, 5) is 22.0. The standard InChI is InChI=1S/C14H18O5S/c1-18-11-5-3-10(4-6-11)9-20-12(7-13(15)16)8-14(17)19-2/h3-6,12H,7-9H2,1-2H3,(H,15,16)/t12-/m1/s1. The van der Waals surface area contributed by atoms with Crippen LogP contribution in [0.5, 0.6) is 5.75 Å². The van der Waals surface area contributed by atoms with Gasteiger partial charge in [-0.25, -0.2) is 0 Å². The highest BCUT2D eigenvalue weighted by Gasteiger charge is 2.18. The van der Waals surface area contributed by atoms with Crippen LogP contribution in [-0.4, -0.2) is 36.5 Å². The molecule has 1 atom stereocenters. The lowest BCUT2D eigenvalue weighted by Crippen LogP contribution is -2.16. The van der Waals surface area contributed by atoms with E-state index < -0.39 is 11.9 Å². The van der Waals surface area contributed by atoms with Gasteiger partial charge in [0.25, 0.3) is 0 Å². The Hall–Kier alpha value is -1.69. The van der Waals surface area contributed by atoms with Crippen LogP contribution >= 0.6 is 11.8 Å². The lowest BCUT2D eigenvalue weighted by Gasteiger charge is -2.13. The van der Waals surface area contributed by atoms with E-state index in [1.54, 1.807) is 7.11 Å². The predicted molar refractivity (Wildman–Crippen MR) is 77.0 cm³/mol. The molecular formula is C14H18O5S. The molecule has 0 saturated carbocycles. The second kappa shape index (κ2) is 8.47. The van der Waals surface area contributed by atoms with E-state index >= 15 is 0 Å². The molecule has 0 saturated heterocycles. The van der Waals surface area contributed by atoms with Gasteiger partial charge >= 0.3 is 11.9 Å². The Morgan fingerprint density at radius 1 is 1.20 bits per heavy atom. The van der Waals surface area contributed by atoms with Gasteiger partial charge in [0.05, 0.1) is 27.1 Å². The zero-order chi connectivity index (χ0) is 15.0. The van der Waals surface area contributed by atoms with E-state index in [9.17, 15) is 9.59 Å². The van der Waals surface area contributed by atoms with Gasteiger partial charge in [0.2, 0.25) is 0 Å². The summed E-state index contributed by atoms with van der Waals surface area (Å²) in [6, 6.07) is 7.54. The van der Waals surface area contributed by atoms with Crippen molar-refractivity contribution >= 4 is 23.7 Å². The van der Waals surface area contributed by atoms with Gasteiger partial charge in [-0.3, -0.25) is 9.59 Å². The zero-order valence-corrected chi connectivity index (χ0v) is 12.3. The minimum Gasteiger partial charge on any atom is -0.497 e. The first kappa shape index (κ1) is 16.4. The van der Waals surface area contributed by atoms with Crippen LogP contribution in [0.2, 0.25) is 0 Å². The average Bonchev–Trinajstić information content (AvgIpc) is 2.44. The third-order valence-electron chi connectivity index (χ3n) is 2.67. The first-order valence-corrected chi connectivity index (χ1v) is 7.13. The second-order valence-corrected chi connectivity index (χ2v) is 5.45. The predicted octanol–water partition coefficient (Wildman–Crippen LogP) is 2.33. The Kier molecular flexibility index (Phi) is 6.93. The summed E-state index contributed by atoms with van der Waals surface area (Å²) in [5.74, 6) is 0.105. The molecule has 0 aliphatic heterocycles. The quantitative estimate of drug-likeness (QED) is 0.743. The van der Waals surface area contributed by atoms with Crippen molar-refractivity contribution in [3.8, 4) is 5.75 Å². The van der Waals surface area contributed by atoms with Crippen LogP contribution in [0.25, 0.3) is 0 Å². The molecule has 20 heavy (non-hydrogen) atoms. The van der Waals surface area contributed by atoms with Crippen LogP contribution in [0.4, 0.5) is 0 Å². The molecule has 0 aliphatic carbocycles. The molecule has 1 N–H and O–H groups in total. The van der Waals surface area contributed by atoms with E-state index in [0.29, 0.717) is 5.75 Å². The number of methoxy groups -OCH3 is 2. The summed E-state index contributed by atoms with van der Waals surface area (Å²) in [5, 5.41) is 8.56. The number of carboxylic acid groups (broad SMARTS) is 1. The van der Waals surface area contributed by atoms with Crippen LogP contribution in [-0.2, 0) is 20.1 Å². The number of aliphatic carboxylic acids is 1. The molecule has 0 aromatic heterocycles. The SMILES string of the molecule is COC(=O)C[C@@H](CC(=O)O)SCc1ccc(OC)cc1. The molecule has 0 spiro atoms. The fourth-order valence-corrected chi connectivity index (χ4v) is 2.72. The fourth-order valence-electron chi connectivity index (χ4n) is 1.59. The number of thioether (sulfide) groups is 1. The molecule has 1 aromatic rings. The van der Waals surface area contributed by atoms with Gasteiger partial charge in [0, 0.05) is 11.0 Å². The van der Waals surface area contributed by atoms with Crippen molar-refractivity contribution in [2.75, 3.05) is 14.2 Å². The Morgan fingerprint density at radius 2 is 1.85 bits per heavy atom. The summed E-state index contributed by atoms with van der Waals surface area (Å²) in [6.07, 6.45) is 0.0412. The molecular weight excluding hydrogens is 280 g/mol. The number of carbonyl (C=O) groups excluding carboxylic acids is 1. The first-order chi connectivity index (χ1) is 9.55. The average molecular weight is 298 g/mol. The summed E-state index contributed by atoms with van der Waals surface area (Å²) in [6.45, 7) is 0. The number of hydrogen-bond acceptors (Lipinski definition) is 5. The maximum absolute atomic E-state index is 11.3. The minimum absolute atomic E-state index is 0.0596. The number of ether oxygens (including phenoxy) is 2. The maximum atomic E-state index is 11.3. The van der Waals surface area contributed by atoms with Crippen LogP contribution < -0.4 is 4.74 Å². The van der Waals surface area contributed by atoms with Crippen molar-refractivity contribution in [2.24, 2.45) is 0 Å². The molecule has 0 fully saturated rings. The van der Waals surface area contributed by atoms with Gasteiger partial charge in [-0.15, -0.1) is 0 Å². The summed E-state index contributed by atoms with van der Waals surface area (Å²) >= 11 is 1.44. The second-order valence-electron chi connectivity index (χ2n) is 4.16. The molecule has 5 nitrogen and oxygen atoms in total. The first-order valence-electron chi connectivity index (χ1n) is 6.08. The van der Waals surface area contributed by atoms with E-state index in [1.807, 2.05) is 24.3 Å². The highest BCUT2D eigenvalue weighted by Crippen LogP contribution is 2.24. The zero-order valence-electron chi connectivity index (χ0n) is 11.5. The van der Waals surface area contributed by atoms with Crippen molar-refractivity contribution in [2.45, 2.75) is 23.8 Å². The van der Waals surface area contributed by atoms with E-state index in [-0.39, 0.29) is 18.1 Å². The van der Waals surface area contributed by atoms with Gasteiger partial charge in [-0.05, 0) is 17.7 Å². The van der Waals surface area contributed by atoms with E-state index in [1.165, 1.54) is 18.9 Å². The van der Waals surface area contributed by atoms with E-state index in [4.69, 9.17) is 9.84 Å². The number of esters is 1. The largest absolute Gasteiger partial charge is 0.497 e. The summed E-state index contributed by atoms with van der Waals surface area (Å²) in [7, 11) is 2.90. The topological polar surface area (TPSA) is 72.8 Å². The Labute approximate surface area is 122 Å². The molecule has 0 radical (unpaired) electrons. The number of carbonyl (C=O) groups is 2. The Bertz CT molecular complexity index is 443. The van der Waals surface area contributed by atoms with E-state index in [2.05, 4.69) is 4.74 Å².